The molecular weight excluding hydrogens is 264 g/mol. The maximum Gasteiger partial charge on any atom is 0.166 e. The summed E-state index contributed by atoms with van der Waals surface area (Å²) in [6.45, 7) is 0. The molecular formula is C18H14OS. The second kappa shape index (κ2) is 4.57. The van der Waals surface area contributed by atoms with Crippen molar-refractivity contribution in [1.82, 2.24) is 0 Å². The van der Waals surface area contributed by atoms with Crippen molar-refractivity contribution < 1.29 is 4.79 Å². The Morgan fingerprint density at radius 2 is 1.85 bits per heavy atom. The average molecular weight is 278 g/mol. The Morgan fingerprint density at radius 3 is 2.75 bits per heavy atom. The summed E-state index contributed by atoms with van der Waals surface area (Å²) in [6.07, 6.45) is 1.75. The number of fused-ring (bicyclic) bond motifs is 2. The summed E-state index contributed by atoms with van der Waals surface area (Å²) in [5, 5.41) is 3.52. The van der Waals surface area contributed by atoms with Crippen LogP contribution in [0.4, 0.5) is 0 Å². The Labute approximate surface area is 121 Å². The fraction of sp³-hybridized carbons (Fsp3) is 0.167. The predicted molar refractivity (Wildman–Crippen MR) is 83.5 cm³/mol. The molecule has 0 amide bonds. The number of carbonyl (C=O) groups is 1. The van der Waals surface area contributed by atoms with Crippen molar-refractivity contribution >= 4 is 27.2 Å². The zero-order valence-electron chi connectivity index (χ0n) is 11.0. The molecule has 1 aromatic heterocycles. The van der Waals surface area contributed by atoms with Gasteiger partial charge < -0.3 is 0 Å². The third-order valence-corrected chi connectivity index (χ3v) is 5.16. The molecule has 1 atom stereocenters. The maximum absolute atomic E-state index is 12.5. The van der Waals surface area contributed by atoms with Gasteiger partial charge in [0.2, 0.25) is 0 Å². The first-order valence-corrected chi connectivity index (χ1v) is 7.78. The van der Waals surface area contributed by atoms with Crippen LogP contribution in [-0.2, 0) is 12.8 Å². The molecule has 0 N–H and O–H groups in total. The Bertz CT molecular complexity index is 800. The van der Waals surface area contributed by atoms with Crippen molar-refractivity contribution in [1.29, 1.82) is 0 Å². The molecule has 20 heavy (non-hydrogen) atoms. The van der Waals surface area contributed by atoms with Crippen molar-refractivity contribution in [2.24, 2.45) is 5.92 Å². The fourth-order valence-electron chi connectivity index (χ4n) is 3.14. The summed E-state index contributed by atoms with van der Waals surface area (Å²) in [7, 11) is 0. The zero-order valence-corrected chi connectivity index (χ0v) is 11.8. The first-order valence-electron chi connectivity index (χ1n) is 6.90. The molecule has 2 aromatic carbocycles. The van der Waals surface area contributed by atoms with Crippen LogP contribution < -0.4 is 0 Å². The van der Waals surface area contributed by atoms with Crippen molar-refractivity contribution in [2.75, 3.05) is 0 Å². The number of hydrogen-bond acceptors (Lipinski definition) is 2. The lowest BCUT2D eigenvalue weighted by Crippen LogP contribution is -2.11. The van der Waals surface area contributed by atoms with Crippen molar-refractivity contribution in [2.45, 2.75) is 12.8 Å². The number of hydrogen-bond donors (Lipinski definition) is 0. The molecule has 1 aliphatic carbocycles. The molecule has 0 spiro atoms. The van der Waals surface area contributed by atoms with Gasteiger partial charge in [0.05, 0.1) is 0 Å². The van der Waals surface area contributed by atoms with E-state index in [-0.39, 0.29) is 5.92 Å². The summed E-state index contributed by atoms with van der Waals surface area (Å²) in [5.74, 6) is 0.432. The van der Waals surface area contributed by atoms with E-state index in [1.54, 1.807) is 11.3 Å². The summed E-state index contributed by atoms with van der Waals surface area (Å²) in [5.41, 5.74) is 3.45. The van der Waals surface area contributed by atoms with Crippen LogP contribution in [0.5, 0.6) is 0 Å². The van der Waals surface area contributed by atoms with E-state index in [9.17, 15) is 4.79 Å². The number of thiophene rings is 1. The highest BCUT2D eigenvalue weighted by molar-refractivity contribution is 7.17. The van der Waals surface area contributed by atoms with Crippen LogP contribution in [0.2, 0.25) is 0 Å². The number of carbonyl (C=O) groups excluding carboxylic acids is 1. The molecule has 1 nitrogen and oxygen atoms in total. The first-order chi connectivity index (χ1) is 9.83. The molecule has 98 valence electrons. The van der Waals surface area contributed by atoms with Crippen LogP contribution >= 0.6 is 11.3 Å². The van der Waals surface area contributed by atoms with Gasteiger partial charge in [0, 0.05) is 16.2 Å². The van der Waals surface area contributed by atoms with Gasteiger partial charge in [-0.25, -0.2) is 0 Å². The van der Waals surface area contributed by atoms with E-state index in [0.29, 0.717) is 5.78 Å². The summed E-state index contributed by atoms with van der Waals surface area (Å²) in [4.78, 5) is 12.5. The standard InChI is InChI=1S/C18H14OS/c19-18-13(9-12-5-1-2-7-16(12)18)10-14-11-20-17-8-4-3-6-15(14)17/h1-8,11,13H,9-10H2. The number of rotatable bonds is 2. The van der Waals surface area contributed by atoms with Crippen LogP contribution in [0.3, 0.4) is 0 Å². The Morgan fingerprint density at radius 1 is 1.05 bits per heavy atom. The molecule has 0 radical (unpaired) electrons. The summed E-state index contributed by atoms with van der Waals surface area (Å²) >= 11 is 1.77. The van der Waals surface area contributed by atoms with Crippen LogP contribution in [0.1, 0.15) is 21.5 Å². The minimum absolute atomic E-state index is 0.116. The van der Waals surface area contributed by atoms with E-state index in [1.165, 1.54) is 21.2 Å². The van der Waals surface area contributed by atoms with E-state index in [1.807, 2.05) is 18.2 Å². The first kappa shape index (κ1) is 11.9. The molecule has 3 aromatic rings. The number of Topliss-reactive ketones (excluding diaryl/α,β-unsaturated/α-hetero) is 1. The van der Waals surface area contributed by atoms with Gasteiger partial charge in [-0.2, -0.15) is 0 Å². The minimum atomic E-state index is 0.116. The van der Waals surface area contributed by atoms with Crippen molar-refractivity contribution in [3.63, 3.8) is 0 Å². The van der Waals surface area contributed by atoms with Gasteiger partial charge in [-0.1, -0.05) is 42.5 Å². The monoisotopic (exact) mass is 278 g/mol. The zero-order chi connectivity index (χ0) is 13.5. The molecule has 0 saturated carbocycles. The molecule has 1 unspecified atom stereocenters. The van der Waals surface area contributed by atoms with Gasteiger partial charge >= 0.3 is 0 Å². The van der Waals surface area contributed by atoms with Crippen LogP contribution in [0, 0.1) is 5.92 Å². The van der Waals surface area contributed by atoms with Crippen LogP contribution in [0.15, 0.2) is 53.9 Å². The maximum atomic E-state index is 12.5. The van der Waals surface area contributed by atoms with E-state index in [4.69, 9.17) is 0 Å². The predicted octanol–water partition coefficient (Wildman–Crippen LogP) is 4.50. The SMILES string of the molecule is O=C1c2ccccc2CC1Cc1csc2ccccc12. The molecule has 1 aliphatic rings. The lowest BCUT2D eigenvalue weighted by molar-refractivity contribution is 0.0936. The highest BCUT2D eigenvalue weighted by Crippen LogP contribution is 2.33. The normalized spacial score (nSPS) is 17.6. The van der Waals surface area contributed by atoms with Crippen LogP contribution in [0.25, 0.3) is 10.1 Å². The molecule has 0 fully saturated rings. The van der Waals surface area contributed by atoms with Gasteiger partial charge in [0.1, 0.15) is 0 Å². The lowest BCUT2D eigenvalue weighted by Gasteiger charge is -2.06. The Hall–Kier alpha value is -1.93. The molecule has 4 rings (SSSR count). The average Bonchev–Trinajstić information content (AvgIpc) is 3.03. The van der Waals surface area contributed by atoms with Gasteiger partial charge in [-0.05, 0) is 40.8 Å². The summed E-state index contributed by atoms with van der Waals surface area (Å²) in [6, 6.07) is 16.5. The largest absolute Gasteiger partial charge is 0.294 e. The van der Waals surface area contributed by atoms with Gasteiger partial charge in [0.15, 0.2) is 5.78 Å². The Balaban J connectivity index is 1.67. The number of benzene rings is 2. The smallest absolute Gasteiger partial charge is 0.166 e. The van der Waals surface area contributed by atoms with Gasteiger partial charge in [-0.15, -0.1) is 11.3 Å². The third kappa shape index (κ3) is 1.80. The lowest BCUT2D eigenvalue weighted by atomic mass is 9.95. The molecule has 0 aliphatic heterocycles. The third-order valence-electron chi connectivity index (χ3n) is 4.15. The van der Waals surface area contributed by atoms with E-state index in [2.05, 4.69) is 35.7 Å². The van der Waals surface area contributed by atoms with E-state index >= 15 is 0 Å². The molecule has 0 bridgehead atoms. The molecule has 0 saturated heterocycles. The van der Waals surface area contributed by atoms with Crippen LogP contribution in [-0.4, -0.2) is 5.78 Å². The van der Waals surface area contributed by atoms with Crippen molar-refractivity contribution in [3.8, 4) is 0 Å². The van der Waals surface area contributed by atoms with Gasteiger partial charge in [0.25, 0.3) is 0 Å². The molecule has 2 heteroatoms. The molecule has 1 heterocycles. The quantitative estimate of drug-likeness (QED) is 0.674. The minimum Gasteiger partial charge on any atom is -0.294 e. The van der Waals surface area contributed by atoms with E-state index < -0.39 is 0 Å². The summed E-state index contributed by atoms with van der Waals surface area (Å²) < 4.78 is 1.31. The second-order valence-electron chi connectivity index (χ2n) is 5.38. The highest BCUT2D eigenvalue weighted by Gasteiger charge is 2.30. The number of ketones is 1. The van der Waals surface area contributed by atoms with E-state index in [0.717, 1.165) is 18.4 Å². The highest BCUT2D eigenvalue weighted by atomic mass is 32.1. The van der Waals surface area contributed by atoms with Crippen molar-refractivity contribution in [3.05, 3.63) is 70.6 Å². The second-order valence-corrected chi connectivity index (χ2v) is 6.29. The Kier molecular flexibility index (Phi) is 2.71. The topological polar surface area (TPSA) is 17.1 Å². The van der Waals surface area contributed by atoms with Gasteiger partial charge in [-0.3, -0.25) is 4.79 Å². The fourth-order valence-corrected chi connectivity index (χ4v) is 4.11.